The van der Waals surface area contributed by atoms with Crippen LogP contribution in [0.2, 0.25) is 0 Å². The van der Waals surface area contributed by atoms with Crippen molar-refractivity contribution >= 4 is 19.8 Å². The van der Waals surface area contributed by atoms with E-state index in [0.29, 0.717) is 23.9 Å². The maximum Gasteiger partial charge on any atom is 0.306 e. The number of unbranched alkanes of at least 4 members (excludes halogenated alkanes) is 7. The third-order valence-corrected chi connectivity index (χ3v) is 13.3. The van der Waals surface area contributed by atoms with Crippen LogP contribution in [0.5, 0.6) is 0 Å². The molecule has 0 radical (unpaired) electrons. The molecule has 0 bridgehead atoms. The zero-order chi connectivity index (χ0) is 61.2. The van der Waals surface area contributed by atoms with Crippen LogP contribution in [0, 0.1) is 0 Å². The van der Waals surface area contributed by atoms with E-state index in [1.54, 1.807) is 0 Å². The Morgan fingerprint density at radius 3 is 0.952 bits per heavy atom. The van der Waals surface area contributed by atoms with Gasteiger partial charge in [0.2, 0.25) is 0 Å². The van der Waals surface area contributed by atoms with Gasteiger partial charge in [-0.3, -0.25) is 14.2 Å². The van der Waals surface area contributed by atoms with E-state index in [1.165, 1.54) is 0 Å². The molecule has 10 heteroatoms. The van der Waals surface area contributed by atoms with Crippen LogP contribution >= 0.6 is 7.82 Å². The maximum absolute atomic E-state index is 12.8. The van der Waals surface area contributed by atoms with Crippen molar-refractivity contribution < 1.29 is 42.1 Å². The molecule has 0 aliphatic rings. The molecule has 0 N–H and O–H groups in total. The molecule has 0 heterocycles. The highest BCUT2D eigenvalue weighted by atomic mass is 31.2. The molecule has 0 fully saturated rings. The molecule has 0 aromatic carbocycles. The first-order valence-electron chi connectivity index (χ1n) is 31.8. The van der Waals surface area contributed by atoms with Crippen molar-refractivity contribution in [1.82, 2.24) is 0 Å². The largest absolute Gasteiger partial charge is 0.756 e. The van der Waals surface area contributed by atoms with Gasteiger partial charge in [-0.15, -0.1) is 0 Å². The number of nitrogens with zero attached hydrogens (tertiary/aromatic N) is 1. The van der Waals surface area contributed by atoms with E-state index in [2.05, 4.69) is 220 Å². The summed E-state index contributed by atoms with van der Waals surface area (Å²) in [5.74, 6) is -0.922. The van der Waals surface area contributed by atoms with Crippen molar-refractivity contribution in [2.75, 3.05) is 47.5 Å². The highest BCUT2D eigenvalue weighted by molar-refractivity contribution is 7.45. The number of ether oxygens (including phenoxy) is 2. The summed E-state index contributed by atoms with van der Waals surface area (Å²) in [5, 5.41) is 0. The molecule has 84 heavy (non-hydrogen) atoms. The van der Waals surface area contributed by atoms with Gasteiger partial charge in [-0.1, -0.05) is 240 Å². The second-order valence-corrected chi connectivity index (χ2v) is 22.7. The van der Waals surface area contributed by atoms with Crippen LogP contribution in [0.3, 0.4) is 0 Å². The molecule has 2 atom stereocenters. The number of rotatable bonds is 55. The van der Waals surface area contributed by atoms with Crippen molar-refractivity contribution in [3.05, 3.63) is 207 Å². The van der Waals surface area contributed by atoms with Gasteiger partial charge in [0, 0.05) is 12.8 Å². The monoisotopic (exact) mass is 1180 g/mol. The summed E-state index contributed by atoms with van der Waals surface area (Å²) in [6.45, 7) is 3.90. The smallest absolute Gasteiger partial charge is 0.306 e. The first-order valence-corrected chi connectivity index (χ1v) is 33.3. The lowest BCUT2D eigenvalue weighted by Crippen LogP contribution is -2.37. The topological polar surface area (TPSA) is 111 Å². The second-order valence-electron chi connectivity index (χ2n) is 21.3. The third kappa shape index (κ3) is 65.7. The molecule has 0 amide bonds. The number of phosphoric acid groups is 1. The maximum atomic E-state index is 12.8. The first kappa shape index (κ1) is 78.6. The number of likely N-dealkylation sites (N-methyl/N-ethyl adjacent to an activating group) is 1. The summed E-state index contributed by atoms with van der Waals surface area (Å²) in [6, 6.07) is 0. The van der Waals surface area contributed by atoms with Gasteiger partial charge in [0.1, 0.15) is 19.8 Å². The normalized spacial score (nSPS) is 14.6. The van der Waals surface area contributed by atoms with E-state index in [0.717, 1.165) is 154 Å². The number of phosphoric ester groups is 1. The Hall–Kier alpha value is -5.41. The number of esters is 2. The minimum atomic E-state index is -4.67. The van der Waals surface area contributed by atoms with Crippen LogP contribution < -0.4 is 4.89 Å². The van der Waals surface area contributed by atoms with Crippen LogP contribution in [0.25, 0.3) is 0 Å². The summed E-state index contributed by atoms with van der Waals surface area (Å²) in [4.78, 5) is 38.0. The molecule has 2 unspecified atom stereocenters. The molecule has 0 saturated heterocycles. The summed E-state index contributed by atoms with van der Waals surface area (Å²) in [5.41, 5.74) is 0. The molecule has 0 aliphatic heterocycles. The Bertz CT molecular complexity index is 2170. The lowest BCUT2D eigenvalue weighted by Gasteiger charge is -2.28. The predicted molar refractivity (Wildman–Crippen MR) is 359 cm³/mol. The highest BCUT2D eigenvalue weighted by Gasteiger charge is 2.21. The average Bonchev–Trinajstić information content (AvgIpc) is 3.61. The number of carbonyl (C=O) groups is 2. The standard InChI is InChI=1S/C74H114NO8P/c1-6-8-10-12-14-16-18-20-22-24-26-28-30-32-33-34-35-36-37-38-39-40-41-43-45-47-49-51-53-55-57-59-61-63-65-67-74(77)83-72(71-82-84(78,79)81-69-68-75(3,4)5)70-80-73(76)66-64-62-60-58-56-54-52-50-48-46-44-42-31-29-27-25-23-21-19-17-15-13-11-9-7-2/h8-11,14-17,20-23,26-29,32-33,35-36,38-39,41-44,47-50,53-56,72H,6-7,12-13,18-19,24-25,30-31,34,37,40,45-46,51-52,57-71H2,1-5H3/b10-8-,11-9-,16-14-,17-15-,22-20-,23-21-,28-26-,29-27-,33-32-,36-35-,39-38-,43-41-,44-42-,49-47-,50-48-,55-53-,56-54-. The number of carbonyl (C=O) groups excluding carboxylic acids is 2. The van der Waals surface area contributed by atoms with Crippen LogP contribution in [0.15, 0.2) is 207 Å². The van der Waals surface area contributed by atoms with E-state index in [4.69, 9.17) is 18.5 Å². The van der Waals surface area contributed by atoms with Crippen LogP contribution in [-0.2, 0) is 32.7 Å². The molecule has 0 spiro atoms. The highest BCUT2D eigenvalue weighted by Crippen LogP contribution is 2.38. The molecular weight excluding hydrogens is 1060 g/mol. The third-order valence-electron chi connectivity index (χ3n) is 12.3. The summed E-state index contributed by atoms with van der Waals surface area (Å²) < 4.78 is 34.1. The second kappa shape index (κ2) is 62.1. The van der Waals surface area contributed by atoms with E-state index in [1.807, 2.05) is 21.1 Å². The fourth-order valence-corrected chi connectivity index (χ4v) is 8.21. The molecule has 468 valence electrons. The van der Waals surface area contributed by atoms with Crippen molar-refractivity contribution in [3.8, 4) is 0 Å². The zero-order valence-corrected chi connectivity index (χ0v) is 53.9. The predicted octanol–water partition coefficient (Wildman–Crippen LogP) is 20.1. The molecule has 9 nitrogen and oxygen atoms in total. The fraction of sp³-hybridized carbons (Fsp3) is 0.514. The molecule has 0 aliphatic carbocycles. The van der Waals surface area contributed by atoms with E-state index in [-0.39, 0.29) is 26.1 Å². The lowest BCUT2D eigenvalue weighted by atomic mass is 10.1. The quantitative estimate of drug-likeness (QED) is 0.0195. The Labute approximate surface area is 513 Å². The van der Waals surface area contributed by atoms with Gasteiger partial charge in [0.25, 0.3) is 7.82 Å². The van der Waals surface area contributed by atoms with Crippen molar-refractivity contribution in [1.29, 1.82) is 0 Å². The minimum Gasteiger partial charge on any atom is -0.756 e. The molecule has 0 aromatic heterocycles. The molecule has 0 rings (SSSR count). The minimum absolute atomic E-state index is 0.0551. The molecule has 0 aromatic rings. The van der Waals surface area contributed by atoms with Gasteiger partial charge in [-0.25, -0.2) is 0 Å². The average molecular weight is 1180 g/mol. The lowest BCUT2D eigenvalue weighted by molar-refractivity contribution is -0.870. The van der Waals surface area contributed by atoms with Gasteiger partial charge in [-0.05, 0) is 148 Å². The van der Waals surface area contributed by atoms with Crippen LogP contribution in [0.1, 0.15) is 194 Å². The molecule has 0 saturated carbocycles. The van der Waals surface area contributed by atoms with Gasteiger partial charge in [-0.2, -0.15) is 0 Å². The first-order chi connectivity index (χ1) is 41.0. The SMILES string of the molecule is CC/C=C\C/C=C\C/C=C\C/C=C\C/C=C\C/C=C\C/C=C\C/C=C\C/C=C\C/C=C\CCCCCCC(=O)OC(COC(=O)CCCCC/C=C\C/C=C\C/C=C\C/C=C\C/C=C\C/C=C\C/C=C\CC)COP(=O)([O-])OCC[N+](C)(C)C. The summed E-state index contributed by atoms with van der Waals surface area (Å²) in [7, 11) is 1.09. The van der Waals surface area contributed by atoms with E-state index in [9.17, 15) is 19.0 Å². The number of quaternary nitrogens is 1. The Morgan fingerprint density at radius 1 is 0.369 bits per heavy atom. The van der Waals surface area contributed by atoms with Crippen molar-refractivity contribution in [2.45, 2.75) is 200 Å². The number of hydrogen-bond acceptors (Lipinski definition) is 8. The van der Waals surface area contributed by atoms with Gasteiger partial charge in [0.15, 0.2) is 6.10 Å². The van der Waals surface area contributed by atoms with Gasteiger partial charge in [0.05, 0.1) is 27.7 Å². The Kier molecular flexibility index (Phi) is 58.1. The summed E-state index contributed by atoms with van der Waals surface area (Å²) >= 11 is 0. The number of hydrogen-bond donors (Lipinski definition) is 0. The van der Waals surface area contributed by atoms with Gasteiger partial charge >= 0.3 is 11.9 Å². The van der Waals surface area contributed by atoms with E-state index >= 15 is 0 Å². The number of allylic oxidation sites excluding steroid dienone is 34. The fourth-order valence-electron chi connectivity index (χ4n) is 7.48. The van der Waals surface area contributed by atoms with Crippen LogP contribution in [-0.4, -0.2) is 70.0 Å². The Morgan fingerprint density at radius 2 is 0.643 bits per heavy atom. The van der Waals surface area contributed by atoms with Crippen molar-refractivity contribution in [3.63, 3.8) is 0 Å². The van der Waals surface area contributed by atoms with Crippen molar-refractivity contribution in [2.24, 2.45) is 0 Å². The summed E-state index contributed by atoms with van der Waals surface area (Å²) in [6.07, 6.45) is 98.8. The zero-order valence-electron chi connectivity index (χ0n) is 53.0. The van der Waals surface area contributed by atoms with Crippen LogP contribution in [0.4, 0.5) is 0 Å². The Balaban J connectivity index is 4.32. The van der Waals surface area contributed by atoms with Gasteiger partial charge < -0.3 is 27.9 Å². The van der Waals surface area contributed by atoms with E-state index < -0.39 is 32.5 Å². The molecular formula is C74H114NO8P.